The fourth-order valence-corrected chi connectivity index (χ4v) is 8.95. The Kier molecular flexibility index (Phi) is 26.0. The van der Waals surface area contributed by atoms with E-state index >= 15 is 0 Å². The topological polar surface area (TPSA) is 249 Å². The van der Waals surface area contributed by atoms with Crippen molar-refractivity contribution in [2.75, 3.05) is 50.2 Å². The van der Waals surface area contributed by atoms with E-state index in [9.17, 15) is 28.8 Å². The lowest BCUT2D eigenvalue weighted by Gasteiger charge is -2.23. The summed E-state index contributed by atoms with van der Waals surface area (Å²) in [6.07, 6.45) is 12.7. The summed E-state index contributed by atoms with van der Waals surface area (Å²) in [5, 5.41) is 23.7. The van der Waals surface area contributed by atoms with E-state index in [-0.39, 0.29) is 57.1 Å². The Morgan fingerprint density at radius 3 is 1.36 bits per heavy atom. The van der Waals surface area contributed by atoms with E-state index in [0.717, 1.165) is 64.2 Å². The van der Waals surface area contributed by atoms with Gasteiger partial charge in [0, 0.05) is 23.5 Å². The minimum Gasteiger partial charge on any atom is -0.481 e. The van der Waals surface area contributed by atoms with Crippen molar-refractivity contribution in [1.29, 1.82) is 0 Å². The van der Waals surface area contributed by atoms with E-state index < -0.39 is 53.2 Å². The van der Waals surface area contributed by atoms with E-state index in [2.05, 4.69) is 69.1 Å². The molecular weight excluding hydrogens is 1060 g/mol. The van der Waals surface area contributed by atoms with Gasteiger partial charge in [0.2, 0.25) is 0 Å². The van der Waals surface area contributed by atoms with Gasteiger partial charge >= 0.3 is 23.3 Å². The number of esters is 1. The summed E-state index contributed by atoms with van der Waals surface area (Å²) >= 11 is 0. The Morgan fingerprint density at radius 2 is 0.952 bits per heavy atom. The maximum Gasteiger partial charge on any atom is 0.351 e. The zero-order valence-corrected chi connectivity index (χ0v) is 48.1. The largest absolute Gasteiger partial charge is 0.481 e. The fourth-order valence-electron chi connectivity index (χ4n) is 8.95. The Balaban J connectivity index is 0.000000222. The van der Waals surface area contributed by atoms with Crippen molar-refractivity contribution in [3.63, 3.8) is 0 Å². The summed E-state index contributed by atoms with van der Waals surface area (Å²) in [5.74, 6) is -0.594. The number of rotatable bonds is 29. The molecule has 4 N–H and O–H groups in total. The number of ketones is 2. The predicted molar refractivity (Wildman–Crippen MR) is 315 cm³/mol. The lowest BCUT2D eigenvalue weighted by molar-refractivity contribution is -0.168. The van der Waals surface area contributed by atoms with Gasteiger partial charge in [-0.3, -0.25) is 28.3 Å². The molecule has 2 aromatic heterocycles. The van der Waals surface area contributed by atoms with E-state index in [1.807, 2.05) is 38.1 Å². The molecule has 444 valence electrons. The molecule has 4 heterocycles. The van der Waals surface area contributed by atoms with Crippen LogP contribution in [0.5, 0.6) is 0 Å². The summed E-state index contributed by atoms with van der Waals surface area (Å²) in [4.78, 5) is 80.5. The molecule has 4 aromatic carbocycles. The Morgan fingerprint density at radius 1 is 0.554 bits per heavy atom. The number of Topliss-reactive ketones (excluding diaryl/α,β-unsaturated/α-hetero) is 2. The number of aliphatic hydroxyl groups is 1. The number of carbonyl (C=O) groups excluding carboxylic acids is 3. The van der Waals surface area contributed by atoms with Crippen LogP contribution >= 0.6 is 0 Å². The van der Waals surface area contributed by atoms with Crippen LogP contribution in [-0.4, -0.2) is 105 Å². The summed E-state index contributed by atoms with van der Waals surface area (Å²) < 4.78 is 30.0. The third-order valence-electron chi connectivity index (χ3n) is 14.2. The van der Waals surface area contributed by atoms with Crippen LogP contribution in [-0.2, 0) is 46.1 Å². The Bertz CT molecular complexity index is 3050. The number of nitrogens with one attached hydrogen (secondary N) is 2. The quantitative estimate of drug-likeness (QED) is 0.0194. The first-order valence-electron chi connectivity index (χ1n) is 28.5. The average Bonchev–Trinajstić information content (AvgIpc) is 4.19. The van der Waals surface area contributed by atoms with Crippen LogP contribution in [0.3, 0.4) is 0 Å². The normalized spacial score (nSPS) is 16.6. The lowest BCUT2D eigenvalue weighted by Crippen LogP contribution is -2.31. The van der Waals surface area contributed by atoms with Gasteiger partial charge in [-0.15, -0.1) is 0 Å². The number of hydrogen-bond acceptors (Lipinski definition) is 16. The third kappa shape index (κ3) is 21.9. The summed E-state index contributed by atoms with van der Waals surface area (Å²) in [7, 11) is 0. The Labute approximate surface area is 485 Å². The maximum absolute atomic E-state index is 12.7. The third-order valence-corrected chi connectivity index (χ3v) is 14.2. The SMILES string of the molecule is CC(C)(CCCCCCc1ccccc1)C(=O)O.CC(C)(CCCCCCc1ccccc1)C(=O)OC[C@H]1OC[C@@H](n2ccc(NCC(=O)c3ccccc3)nc2=O)O1.O=C(CNc1ccn([C@@H]2CO[C@H](CO)O2)c(=O)n1)c1ccccc1. The number of hydrogen-bond donors (Lipinski definition) is 4. The van der Waals surface area contributed by atoms with E-state index in [4.69, 9.17) is 33.9 Å². The summed E-state index contributed by atoms with van der Waals surface area (Å²) in [5.41, 5.74) is 1.67. The number of anilines is 2. The van der Waals surface area contributed by atoms with Crippen LogP contribution in [0, 0.1) is 10.8 Å². The summed E-state index contributed by atoms with van der Waals surface area (Å²) in [6, 6.07) is 41.9. The van der Waals surface area contributed by atoms with Crippen LogP contribution < -0.4 is 22.0 Å². The monoisotopic (exact) mass is 1140 g/mol. The number of aliphatic hydroxyl groups excluding tert-OH is 1. The molecule has 2 aliphatic rings. The van der Waals surface area contributed by atoms with E-state index in [0.29, 0.717) is 22.8 Å². The second-order valence-electron chi connectivity index (χ2n) is 21.7. The molecule has 0 amide bonds. The molecule has 83 heavy (non-hydrogen) atoms. The molecule has 2 fully saturated rings. The van der Waals surface area contributed by atoms with Gasteiger partial charge in [0.1, 0.15) is 18.2 Å². The number of aromatic nitrogens is 4. The van der Waals surface area contributed by atoms with Crippen LogP contribution in [0.2, 0.25) is 0 Å². The number of nitrogens with zero attached hydrogens (tertiary/aromatic N) is 4. The van der Waals surface area contributed by atoms with Gasteiger partial charge in [0.15, 0.2) is 36.6 Å². The van der Waals surface area contributed by atoms with Crippen LogP contribution in [0.15, 0.2) is 155 Å². The molecule has 4 atom stereocenters. The highest BCUT2D eigenvalue weighted by atomic mass is 16.8. The van der Waals surface area contributed by atoms with E-state index in [1.54, 1.807) is 74.5 Å². The maximum atomic E-state index is 12.7. The van der Waals surface area contributed by atoms with Gasteiger partial charge in [-0.05, 0) is 89.5 Å². The molecule has 19 nitrogen and oxygen atoms in total. The second-order valence-corrected chi connectivity index (χ2v) is 21.7. The lowest BCUT2D eigenvalue weighted by atomic mass is 9.87. The molecule has 2 aliphatic heterocycles. The number of aliphatic carboxylic acids is 1. The molecule has 0 aliphatic carbocycles. The standard InChI is InChI=1S/C32H39N3O6.C16H17N3O5.C16H24O2/c1-32(2,19-12-4-3-7-13-24-14-8-5-9-15-24)30(37)40-23-29-39-22-28(41-29)35-20-18-27(34-31(35)38)33-21-26(36)25-16-10-6-11-17-25;20-9-15-23-10-14(24-15)19-7-6-13(18-16(19)22)17-8-12(21)11-4-2-1-3-5-11;1-16(2,15(17)18)13-9-4-3-6-10-14-11-7-5-8-12-14/h5-6,8-11,14-18,20,28-29H,3-4,7,12-13,19,21-23H2,1-2H3,(H,33,34,38);1-7,14-15,20H,8-10H2,(H,17,18,22);5,7-8,11-12H,3-4,6,9-10,13H2,1-2H3,(H,17,18)/t28-,29-;14-,15-;/m00./s1. The number of benzene rings is 4. The predicted octanol–water partition coefficient (Wildman–Crippen LogP) is 9.86. The highest BCUT2D eigenvalue weighted by Crippen LogP contribution is 2.28. The minimum atomic E-state index is -0.772. The number of carboxylic acids is 1. The number of aryl methyl sites for hydroxylation is 2. The fraction of sp³-hybridized carbons (Fsp3) is 0.438. The van der Waals surface area contributed by atoms with Crippen molar-refractivity contribution in [3.05, 3.63) is 189 Å². The number of unbranched alkanes of at least 4 members (excludes halogenated alkanes) is 6. The minimum absolute atomic E-state index is 0.0154. The van der Waals surface area contributed by atoms with Gasteiger partial charge in [-0.1, -0.05) is 160 Å². The molecule has 19 heteroatoms. The van der Waals surface area contributed by atoms with Gasteiger partial charge < -0.3 is 44.5 Å². The van der Waals surface area contributed by atoms with Crippen LogP contribution in [0.25, 0.3) is 0 Å². The first-order valence-corrected chi connectivity index (χ1v) is 28.5. The van der Waals surface area contributed by atoms with Crippen molar-refractivity contribution in [1.82, 2.24) is 19.1 Å². The number of ether oxygens (including phenoxy) is 5. The van der Waals surface area contributed by atoms with E-state index in [1.165, 1.54) is 45.5 Å². The van der Waals surface area contributed by atoms with Gasteiger partial charge in [-0.25, -0.2) is 9.59 Å². The first kappa shape index (κ1) is 64.5. The smallest absolute Gasteiger partial charge is 0.351 e. The van der Waals surface area contributed by atoms with Crippen molar-refractivity contribution >= 4 is 35.1 Å². The average molecular weight is 1140 g/mol. The highest BCUT2D eigenvalue weighted by Gasteiger charge is 2.34. The van der Waals surface area contributed by atoms with Crippen molar-refractivity contribution in [3.8, 4) is 0 Å². The molecule has 6 aromatic rings. The molecule has 2 saturated heterocycles. The number of carbonyl (C=O) groups is 4. The van der Waals surface area contributed by atoms with Crippen LogP contribution in [0.1, 0.15) is 136 Å². The van der Waals surface area contributed by atoms with Crippen molar-refractivity contribution in [2.45, 2.75) is 130 Å². The van der Waals surface area contributed by atoms with Gasteiger partial charge in [0.05, 0.1) is 43.7 Å². The molecule has 0 unspecified atom stereocenters. The van der Waals surface area contributed by atoms with Crippen LogP contribution in [0.4, 0.5) is 11.6 Å². The molecule has 0 bridgehead atoms. The second kappa shape index (κ2) is 33.4. The van der Waals surface area contributed by atoms with Crippen molar-refractivity contribution in [2.24, 2.45) is 10.8 Å². The van der Waals surface area contributed by atoms with Gasteiger partial charge in [-0.2, -0.15) is 9.97 Å². The van der Waals surface area contributed by atoms with Gasteiger partial charge in [0.25, 0.3) is 0 Å². The summed E-state index contributed by atoms with van der Waals surface area (Å²) in [6.45, 7) is 7.40. The molecule has 0 saturated carbocycles. The first-order chi connectivity index (χ1) is 40.0. The molecule has 0 spiro atoms. The zero-order chi connectivity index (χ0) is 59.5. The van der Waals surface area contributed by atoms with Crippen molar-refractivity contribution < 1.29 is 53.1 Å². The Hall–Kier alpha value is -7.68. The highest BCUT2D eigenvalue weighted by molar-refractivity contribution is 5.99. The molecule has 0 radical (unpaired) electrons. The molecule has 8 rings (SSSR count). The molecular formula is C64H80N6O13. The number of carboxylic acid groups (broad SMARTS) is 1. The zero-order valence-electron chi connectivity index (χ0n) is 48.1.